The summed E-state index contributed by atoms with van der Waals surface area (Å²) < 4.78 is 0. The molecule has 2 atom stereocenters. The van der Waals surface area contributed by atoms with E-state index in [9.17, 15) is 0 Å². The molecule has 2 unspecified atom stereocenters. The Hall–Kier alpha value is -1.28. The van der Waals surface area contributed by atoms with Crippen LogP contribution in [-0.2, 0) is 0 Å². The van der Waals surface area contributed by atoms with Gasteiger partial charge in [-0.25, -0.2) is 0 Å². The Labute approximate surface area is 119 Å². The number of rotatable bonds is 2. The van der Waals surface area contributed by atoms with Gasteiger partial charge in [0.15, 0.2) is 0 Å². The van der Waals surface area contributed by atoms with E-state index in [1.165, 1.54) is 19.3 Å². The van der Waals surface area contributed by atoms with E-state index in [4.69, 9.17) is 11.6 Å². The highest BCUT2D eigenvalue weighted by atomic mass is 35.5. The van der Waals surface area contributed by atoms with E-state index in [2.05, 4.69) is 30.2 Å². The first-order valence-electron chi connectivity index (χ1n) is 6.95. The topological polar surface area (TPSA) is 24.9 Å². The molecule has 0 bridgehead atoms. The van der Waals surface area contributed by atoms with E-state index in [1.807, 2.05) is 18.3 Å². The molecule has 19 heavy (non-hydrogen) atoms. The molecule has 1 aromatic heterocycles. The number of benzene rings is 1. The Balaban J connectivity index is 2.02. The fraction of sp³-hybridized carbons (Fsp3) is 0.438. The number of aromatic nitrogens is 1. The second kappa shape index (κ2) is 5.01. The van der Waals surface area contributed by atoms with Crippen LogP contribution in [0.25, 0.3) is 10.9 Å². The molecule has 1 N–H and O–H groups in total. The van der Waals surface area contributed by atoms with Crippen LogP contribution in [0, 0.1) is 12.8 Å². The van der Waals surface area contributed by atoms with E-state index in [-0.39, 0.29) is 0 Å². The molecule has 2 nitrogen and oxygen atoms in total. The maximum atomic E-state index is 6.43. The zero-order valence-electron chi connectivity index (χ0n) is 11.4. The van der Waals surface area contributed by atoms with Gasteiger partial charge in [-0.15, -0.1) is 0 Å². The minimum atomic E-state index is 0.540. The number of hydrogen-bond donors (Lipinski definition) is 1. The van der Waals surface area contributed by atoms with Gasteiger partial charge in [-0.3, -0.25) is 4.98 Å². The van der Waals surface area contributed by atoms with Crippen LogP contribution in [-0.4, -0.2) is 11.0 Å². The van der Waals surface area contributed by atoms with Crippen LogP contribution in [0.15, 0.2) is 24.4 Å². The molecule has 1 fully saturated rings. The van der Waals surface area contributed by atoms with E-state index in [1.54, 1.807) is 0 Å². The maximum absolute atomic E-state index is 6.43. The van der Waals surface area contributed by atoms with E-state index >= 15 is 0 Å². The quantitative estimate of drug-likeness (QED) is 0.851. The minimum Gasteiger partial charge on any atom is -0.381 e. The average Bonchev–Trinajstić information content (AvgIpc) is 2.80. The summed E-state index contributed by atoms with van der Waals surface area (Å²) in [4.78, 5) is 4.47. The van der Waals surface area contributed by atoms with E-state index in [0.717, 1.165) is 33.1 Å². The highest BCUT2D eigenvalue weighted by Gasteiger charge is 2.22. The van der Waals surface area contributed by atoms with Gasteiger partial charge in [0, 0.05) is 17.6 Å². The van der Waals surface area contributed by atoms with Crippen molar-refractivity contribution in [1.82, 2.24) is 4.98 Å². The standard InChI is InChI=1S/C16H19ClN2/c1-10-5-6-12(8-10)19-16-13-4-3-7-18-15(13)11(2)9-14(16)17/h3-4,7,9-10,12,19H,5-6,8H2,1-2H3. The van der Waals surface area contributed by atoms with Crippen LogP contribution < -0.4 is 5.32 Å². The molecule has 0 aliphatic heterocycles. The van der Waals surface area contributed by atoms with Crippen molar-refractivity contribution in [3.8, 4) is 0 Å². The Kier molecular flexibility index (Phi) is 3.36. The highest BCUT2D eigenvalue weighted by molar-refractivity contribution is 6.35. The monoisotopic (exact) mass is 274 g/mol. The summed E-state index contributed by atoms with van der Waals surface area (Å²) in [6.07, 6.45) is 5.60. The molecule has 1 aliphatic rings. The molecule has 1 aromatic carbocycles. The van der Waals surface area contributed by atoms with Crippen LogP contribution in [0.1, 0.15) is 31.7 Å². The number of fused-ring (bicyclic) bond motifs is 1. The zero-order valence-corrected chi connectivity index (χ0v) is 12.2. The second-order valence-electron chi connectivity index (χ2n) is 5.71. The SMILES string of the molecule is Cc1cc(Cl)c(NC2CCC(C)C2)c2cccnc12. The average molecular weight is 275 g/mol. The lowest BCUT2D eigenvalue weighted by Crippen LogP contribution is -2.16. The Morgan fingerprint density at radius 2 is 2.21 bits per heavy atom. The number of anilines is 1. The summed E-state index contributed by atoms with van der Waals surface area (Å²) >= 11 is 6.43. The van der Waals surface area contributed by atoms with Crippen molar-refractivity contribution in [2.45, 2.75) is 39.2 Å². The Bertz CT molecular complexity index is 609. The van der Waals surface area contributed by atoms with Crippen LogP contribution in [0.4, 0.5) is 5.69 Å². The summed E-state index contributed by atoms with van der Waals surface area (Å²) in [5.74, 6) is 0.811. The lowest BCUT2D eigenvalue weighted by molar-refractivity contribution is 0.603. The first-order chi connectivity index (χ1) is 9.15. The molecule has 1 heterocycles. The van der Waals surface area contributed by atoms with Crippen molar-refractivity contribution < 1.29 is 0 Å². The molecular weight excluding hydrogens is 256 g/mol. The third-order valence-corrected chi connectivity index (χ3v) is 4.37. The predicted molar refractivity (Wildman–Crippen MR) is 81.9 cm³/mol. The van der Waals surface area contributed by atoms with E-state index in [0.29, 0.717) is 6.04 Å². The summed E-state index contributed by atoms with van der Waals surface area (Å²) in [5, 5.41) is 5.57. The molecule has 0 spiro atoms. The lowest BCUT2D eigenvalue weighted by atomic mass is 10.1. The summed E-state index contributed by atoms with van der Waals surface area (Å²) in [6, 6.07) is 6.62. The summed E-state index contributed by atoms with van der Waals surface area (Å²) in [7, 11) is 0. The molecule has 0 amide bonds. The van der Waals surface area contributed by atoms with Crippen molar-refractivity contribution in [3.05, 3.63) is 35.0 Å². The highest BCUT2D eigenvalue weighted by Crippen LogP contribution is 2.36. The number of hydrogen-bond acceptors (Lipinski definition) is 2. The largest absolute Gasteiger partial charge is 0.381 e. The second-order valence-corrected chi connectivity index (χ2v) is 6.12. The Morgan fingerprint density at radius 1 is 1.37 bits per heavy atom. The minimum absolute atomic E-state index is 0.540. The van der Waals surface area contributed by atoms with Gasteiger partial charge in [0.2, 0.25) is 0 Å². The van der Waals surface area contributed by atoms with Gasteiger partial charge in [0.1, 0.15) is 0 Å². The van der Waals surface area contributed by atoms with E-state index < -0.39 is 0 Å². The van der Waals surface area contributed by atoms with Crippen molar-refractivity contribution in [1.29, 1.82) is 0 Å². The first-order valence-corrected chi connectivity index (χ1v) is 7.33. The normalized spacial score (nSPS) is 22.9. The summed E-state index contributed by atoms with van der Waals surface area (Å²) in [5.41, 5.74) is 3.22. The number of nitrogens with one attached hydrogen (secondary N) is 1. The molecule has 3 heteroatoms. The third kappa shape index (κ3) is 2.42. The number of aryl methyl sites for hydroxylation is 1. The van der Waals surface area contributed by atoms with Gasteiger partial charge >= 0.3 is 0 Å². The molecule has 2 aromatic rings. The van der Waals surface area contributed by atoms with Gasteiger partial charge in [-0.05, 0) is 55.9 Å². The number of pyridine rings is 1. The summed E-state index contributed by atoms with van der Waals surface area (Å²) in [6.45, 7) is 4.38. The molecule has 100 valence electrons. The fourth-order valence-electron chi connectivity index (χ4n) is 3.07. The van der Waals surface area contributed by atoms with Crippen LogP contribution in [0.5, 0.6) is 0 Å². The fourth-order valence-corrected chi connectivity index (χ4v) is 3.39. The third-order valence-electron chi connectivity index (χ3n) is 4.08. The van der Waals surface area contributed by atoms with Crippen LogP contribution >= 0.6 is 11.6 Å². The van der Waals surface area contributed by atoms with Crippen LogP contribution in [0.3, 0.4) is 0 Å². The number of halogens is 1. The van der Waals surface area contributed by atoms with Crippen molar-refractivity contribution >= 4 is 28.2 Å². The van der Waals surface area contributed by atoms with Crippen LogP contribution in [0.2, 0.25) is 5.02 Å². The Morgan fingerprint density at radius 3 is 2.95 bits per heavy atom. The van der Waals surface area contributed by atoms with Gasteiger partial charge in [-0.2, -0.15) is 0 Å². The lowest BCUT2D eigenvalue weighted by Gasteiger charge is -2.18. The van der Waals surface area contributed by atoms with Gasteiger partial charge in [0.05, 0.1) is 16.2 Å². The molecular formula is C16H19ClN2. The predicted octanol–water partition coefficient (Wildman–Crippen LogP) is 4.80. The van der Waals surface area contributed by atoms with Crippen molar-refractivity contribution in [2.75, 3.05) is 5.32 Å². The number of nitrogens with zero attached hydrogens (tertiary/aromatic N) is 1. The first kappa shape index (κ1) is 12.7. The smallest absolute Gasteiger partial charge is 0.0752 e. The van der Waals surface area contributed by atoms with Gasteiger partial charge in [0.25, 0.3) is 0 Å². The van der Waals surface area contributed by atoms with Gasteiger partial charge in [-0.1, -0.05) is 18.5 Å². The zero-order chi connectivity index (χ0) is 13.4. The molecule has 1 saturated carbocycles. The molecule has 0 saturated heterocycles. The molecule has 1 aliphatic carbocycles. The van der Waals surface area contributed by atoms with Gasteiger partial charge < -0.3 is 5.32 Å². The van der Waals surface area contributed by atoms with Crippen molar-refractivity contribution in [3.63, 3.8) is 0 Å². The molecule has 0 radical (unpaired) electrons. The molecule has 3 rings (SSSR count). The maximum Gasteiger partial charge on any atom is 0.0752 e. The van der Waals surface area contributed by atoms with Crippen molar-refractivity contribution in [2.24, 2.45) is 5.92 Å².